The second-order valence-electron chi connectivity index (χ2n) is 8.46. The molecule has 0 heterocycles. The van der Waals surface area contributed by atoms with E-state index in [0.29, 0.717) is 24.9 Å². The molecular weight excluding hydrogens is 414 g/mol. The van der Waals surface area contributed by atoms with Gasteiger partial charge in [-0.05, 0) is 59.2 Å². The van der Waals surface area contributed by atoms with E-state index < -0.39 is 6.03 Å². The van der Waals surface area contributed by atoms with Gasteiger partial charge in [0.15, 0.2) is 0 Å². The second-order valence-corrected chi connectivity index (χ2v) is 8.46. The number of carbonyl (C=O) groups excluding carboxylic acids is 2. The summed E-state index contributed by atoms with van der Waals surface area (Å²) in [5.74, 6) is 0.0919. The Balaban J connectivity index is 1.38. The predicted molar refractivity (Wildman–Crippen MR) is 130 cm³/mol. The van der Waals surface area contributed by atoms with Gasteiger partial charge >= 0.3 is 6.03 Å². The fourth-order valence-electron chi connectivity index (χ4n) is 4.67. The molecule has 1 atom stereocenters. The molecule has 0 saturated carbocycles. The molecule has 0 saturated heterocycles. The van der Waals surface area contributed by atoms with E-state index in [1.165, 1.54) is 22.3 Å². The summed E-state index contributed by atoms with van der Waals surface area (Å²) in [4.78, 5) is 24.0. The SMILES string of the molecule is NC(=O)N[C@@H](CCCC(=O)Nc1ccc(CO)cc1)CC1c2ccccc2-c2ccccc21. The minimum atomic E-state index is -0.548. The normalized spacial score (nSPS) is 13.1. The Morgan fingerprint density at radius 2 is 1.52 bits per heavy atom. The summed E-state index contributed by atoms with van der Waals surface area (Å²) in [5.41, 5.74) is 12.0. The van der Waals surface area contributed by atoms with Crippen LogP contribution in [-0.4, -0.2) is 23.1 Å². The van der Waals surface area contributed by atoms with Crippen molar-refractivity contribution in [2.75, 3.05) is 5.32 Å². The highest BCUT2D eigenvalue weighted by molar-refractivity contribution is 5.90. The lowest BCUT2D eigenvalue weighted by molar-refractivity contribution is -0.116. The molecule has 5 N–H and O–H groups in total. The number of carbonyl (C=O) groups is 2. The summed E-state index contributed by atoms with van der Waals surface area (Å²) in [5, 5.41) is 14.9. The molecule has 4 rings (SSSR count). The van der Waals surface area contributed by atoms with Gasteiger partial charge in [-0.25, -0.2) is 4.79 Å². The van der Waals surface area contributed by atoms with Crippen LogP contribution in [0.5, 0.6) is 0 Å². The first-order chi connectivity index (χ1) is 16.0. The number of anilines is 1. The molecule has 0 aromatic heterocycles. The number of hydrogen-bond acceptors (Lipinski definition) is 3. The summed E-state index contributed by atoms with van der Waals surface area (Å²) >= 11 is 0. The fraction of sp³-hybridized carbons (Fsp3) is 0.259. The van der Waals surface area contributed by atoms with Gasteiger partial charge in [-0.15, -0.1) is 0 Å². The average Bonchev–Trinajstić information content (AvgIpc) is 3.13. The predicted octanol–water partition coefficient (Wildman–Crippen LogP) is 4.53. The zero-order valence-corrected chi connectivity index (χ0v) is 18.5. The number of urea groups is 1. The summed E-state index contributed by atoms with van der Waals surface area (Å²) in [7, 11) is 0. The van der Waals surface area contributed by atoms with Crippen molar-refractivity contribution in [3.8, 4) is 11.1 Å². The Bertz CT molecular complexity index is 1080. The number of primary amides is 1. The van der Waals surface area contributed by atoms with Crippen LogP contribution in [0.2, 0.25) is 0 Å². The average molecular weight is 444 g/mol. The lowest BCUT2D eigenvalue weighted by atomic mass is 9.88. The maximum Gasteiger partial charge on any atom is 0.312 e. The lowest BCUT2D eigenvalue weighted by Crippen LogP contribution is -2.39. The van der Waals surface area contributed by atoms with Crippen molar-refractivity contribution in [1.82, 2.24) is 5.32 Å². The highest BCUT2D eigenvalue weighted by Gasteiger charge is 2.30. The highest BCUT2D eigenvalue weighted by Crippen LogP contribution is 2.46. The second kappa shape index (κ2) is 10.3. The van der Waals surface area contributed by atoms with Gasteiger partial charge in [0.1, 0.15) is 0 Å². The lowest BCUT2D eigenvalue weighted by Gasteiger charge is -2.23. The molecule has 6 heteroatoms. The van der Waals surface area contributed by atoms with Crippen molar-refractivity contribution in [2.24, 2.45) is 5.73 Å². The largest absolute Gasteiger partial charge is 0.392 e. The van der Waals surface area contributed by atoms with E-state index in [1.807, 2.05) is 24.3 Å². The van der Waals surface area contributed by atoms with Crippen LogP contribution < -0.4 is 16.4 Å². The van der Waals surface area contributed by atoms with E-state index in [1.54, 1.807) is 24.3 Å². The standard InChI is InChI=1S/C27H29N3O3/c28-27(33)30-20(6-5-11-26(32)29-19-14-12-18(17-31)13-15-19)16-25-23-9-3-1-7-21(23)22-8-2-4-10-24(22)25/h1-4,7-10,12-15,20,25,31H,5-6,11,16-17H2,(H,29,32)(H3,28,30,33)/t20-/m0/s1. The van der Waals surface area contributed by atoms with Gasteiger partial charge in [0.05, 0.1) is 6.61 Å². The van der Waals surface area contributed by atoms with Crippen molar-refractivity contribution in [3.63, 3.8) is 0 Å². The van der Waals surface area contributed by atoms with Crippen LogP contribution in [0.4, 0.5) is 10.5 Å². The number of amides is 3. The molecule has 0 radical (unpaired) electrons. The maximum absolute atomic E-state index is 12.4. The molecule has 0 bridgehead atoms. The maximum atomic E-state index is 12.4. The van der Waals surface area contributed by atoms with Gasteiger partial charge in [0.2, 0.25) is 5.91 Å². The molecule has 170 valence electrons. The van der Waals surface area contributed by atoms with E-state index in [4.69, 9.17) is 10.8 Å². The van der Waals surface area contributed by atoms with Gasteiger partial charge in [0.25, 0.3) is 0 Å². The Morgan fingerprint density at radius 1 is 0.909 bits per heavy atom. The molecule has 1 aliphatic rings. The molecule has 3 aromatic rings. The van der Waals surface area contributed by atoms with Gasteiger partial charge in [-0.3, -0.25) is 4.79 Å². The van der Waals surface area contributed by atoms with Crippen molar-refractivity contribution in [3.05, 3.63) is 89.5 Å². The van der Waals surface area contributed by atoms with E-state index in [-0.39, 0.29) is 24.5 Å². The minimum absolute atomic E-state index is 0.0293. The molecule has 0 aliphatic heterocycles. The number of fused-ring (bicyclic) bond motifs is 3. The van der Waals surface area contributed by atoms with Crippen LogP contribution >= 0.6 is 0 Å². The third-order valence-corrected chi connectivity index (χ3v) is 6.21. The van der Waals surface area contributed by atoms with Gasteiger partial charge < -0.3 is 21.5 Å². The Morgan fingerprint density at radius 3 is 2.09 bits per heavy atom. The Labute approximate surface area is 193 Å². The third-order valence-electron chi connectivity index (χ3n) is 6.21. The van der Waals surface area contributed by atoms with Crippen LogP contribution in [0.15, 0.2) is 72.8 Å². The molecule has 3 amide bonds. The van der Waals surface area contributed by atoms with E-state index >= 15 is 0 Å². The molecule has 33 heavy (non-hydrogen) atoms. The van der Waals surface area contributed by atoms with Crippen LogP contribution in [0.1, 0.15) is 48.3 Å². The van der Waals surface area contributed by atoms with Crippen LogP contribution in [-0.2, 0) is 11.4 Å². The number of benzene rings is 3. The van der Waals surface area contributed by atoms with Gasteiger partial charge in [0, 0.05) is 24.1 Å². The fourth-order valence-corrected chi connectivity index (χ4v) is 4.67. The Kier molecular flexibility index (Phi) is 7.05. The van der Waals surface area contributed by atoms with Gasteiger partial charge in [-0.1, -0.05) is 60.7 Å². The first-order valence-corrected chi connectivity index (χ1v) is 11.3. The summed E-state index contributed by atoms with van der Waals surface area (Å²) in [6, 6.07) is 23.2. The monoisotopic (exact) mass is 443 g/mol. The molecule has 3 aromatic carbocycles. The number of aliphatic hydroxyl groups is 1. The number of hydrogen-bond donors (Lipinski definition) is 4. The molecule has 1 aliphatic carbocycles. The minimum Gasteiger partial charge on any atom is -0.392 e. The molecular formula is C27H29N3O3. The number of nitrogens with one attached hydrogen (secondary N) is 2. The highest BCUT2D eigenvalue weighted by atomic mass is 16.3. The zero-order chi connectivity index (χ0) is 23.2. The van der Waals surface area contributed by atoms with Crippen molar-refractivity contribution in [1.29, 1.82) is 0 Å². The number of rotatable bonds is 9. The smallest absolute Gasteiger partial charge is 0.312 e. The first kappa shape index (κ1) is 22.6. The molecule has 0 unspecified atom stereocenters. The van der Waals surface area contributed by atoms with E-state index in [9.17, 15) is 9.59 Å². The van der Waals surface area contributed by atoms with Crippen molar-refractivity contribution in [2.45, 2.75) is 44.2 Å². The summed E-state index contributed by atoms with van der Waals surface area (Å²) in [6.45, 7) is -0.0293. The quantitative estimate of drug-likeness (QED) is 0.391. The first-order valence-electron chi connectivity index (χ1n) is 11.3. The van der Waals surface area contributed by atoms with E-state index in [0.717, 1.165) is 12.0 Å². The number of aliphatic hydroxyl groups excluding tert-OH is 1. The van der Waals surface area contributed by atoms with E-state index in [2.05, 4.69) is 34.9 Å². The molecule has 0 fully saturated rings. The summed E-state index contributed by atoms with van der Waals surface area (Å²) in [6.07, 6.45) is 2.35. The summed E-state index contributed by atoms with van der Waals surface area (Å²) < 4.78 is 0. The Hall–Kier alpha value is -3.64. The third kappa shape index (κ3) is 5.41. The van der Waals surface area contributed by atoms with Crippen LogP contribution in [0.25, 0.3) is 11.1 Å². The van der Waals surface area contributed by atoms with Crippen molar-refractivity contribution >= 4 is 17.6 Å². The van der Waals surface area contributed by atoms with Crippen LogP contribution in [0.3, 0.4) is 0 Å². The van der Waals surface area contributed by atoms with Gasteiger partial charge in [-0.2, -0.15) is 0 Å². The topological polar surface area (TPSA) is 104 Å². The molecule has 0 spiro atoms. The van der Waals surface area contributed by atoms with Crippen LogP contribution in [0, 0.1) is 0 Å². The zero-order valence-electron chi connectivity index (χ0n) is 18.5. The molecule has 6 nitrogen and oxygen atoms in total. The van der Waals surface area contributed by atoms with Crippen molar-refractivity contribution < 1.29 is 14.7 Å². The number of nitrogens with two attached hydrogens (primary N) is 1.